The first-order valence-corrected chi connectivity index (χ1v) is 7.03. The number of nitrogens with zero attached hydrogens (tertiary/aromatic N) is 1. The molecule has 0 aromatic heterocycles. The van der Waals surface area contributed by atoms with Gasteiger partial charge in [0.1, 0.15) is 0 Å². The zero-order chi connectivity index (χ0) is 11.4. The largest absolute Gasteiger partial charge is 0.296 e. The van der Waals surface area contributed by atoms with Crippen LogP contribution < -0.4 is 0 Å². The quantitative estimate of drug-likeness (QED) is 0.785. The standard InChI is InChI=1S/C14H20BrN/c1-12-5-3-2-4-10-16(12)11-13-6-8-14(15)9-7-13/h6-9,12H,2-5,10-11H2,1H3. The number of hydrogen-bond donors (Lipinski definition) is 0. The summed E-state index contributed by atoms with van der Waals surface area (Å²) in [6.07, 6.45) is 5.52. The summed E-state index contributed by atoms with van der Waals surface area (Å²) in [6.45, 7) is 4.73. The van der Waals surface area contributed by atoms with E-state index >= 15 is 0 Å². The highest BCUT2D eigenvalue weighted by molar-refractivity contribution is 9.10. The predicted octanol–water partition coefficient (Wildman–Crippen LogP) is 4.21. The highest BCUT2D eigenvalue weighted by atomic mass is 79.9. The molecular weight excluding hydrogens is 262 g/mol. The Hall–Kier alpha value is -0.340. The zero-order valence-electron chi connectivity index (χ0n) is 9.95. The van der Waals surface area contributed by atoms with Gasteiger partial charge in [0.15, 0.2) is 0 Å². The number of halogens is 1. The Kier molecular flexibility index (Phi) is 4.42. The van der Waals surface area contributed by atoms with E-state index in [0.29, 0.717) is 0 Å². The second kappa shape index (κ2) is 5.83. The molecule has 88 valence electrons. The molecule has 0 N–H and O–H groups in total. The van der Waals surface area contributed by atoms with Gasteiger partial charge in [0.05, 0.1) is 0 Å². The van der Waals surface area contributed by atoms with E-state index in [4.69, 9.17) is 0 Å². The summed E-state index contributed by atoms with van der Waals surface area (Å²) in [4.78, 5) is 2.62. The molecule has 1 aromatic rings. The lowest BCUT2D eigenvalue weighted by Gasteiger charge is -2.26. The van der Waals surface area contributed by atoms with Gasteiger partial charge in [-0.15, -0.1) is 0 Å². The van der Waals surface area contributed by atoms with Gasteiger partial charge in [-0.25, -0.2) is 0 Å². The van der Waals surface area contributed by atoms with E-state index in [2.05, 4.69) is 52.0 Å². The van der Waals surface area contributed by atoms with Crippen molar-refractivity contribution in [1.29, 1.82) is 0 Å². The molecule has 1 saturated heterocycles. The maximum absolute atomic E-state index is 3.48. The molecule has 1 aliphatic heterocycles. The van der Waals surface area contributed by atoms with Crippen molar-refractivity contribution in [2.45, 2.75) is 45.2 Å². The fraction of sp³-hybridized carbons (Fsp3) is 0.571. The van der Waals surface area contributed by atoms with Crippen LogP contribution in [-0.2, 0) is 6.54 Å². The average molecular weight is 282 g/mol. The Balaban J connectivity index is 1.99. The fourth-order valence-electron chi connectivity index (χ4n) is 2.39. The zero-order valence-corrected chi connectivity index (χ0v) is 11.5. The summed E-state index contributed by atoms with van der Waals surface area (Å²) in [5, 5.41) is 0. The maximum atomic E-state index is 3.48. The van der Waals surface area contributed by atoms with Gasteiger partial charge in [-0.05, 0) is 44.0 Å². The first kappa shape index (κ1) is 12.1. The molecule has 1 aromatic carbocycles. The van der Waals surface area contributed by atoms with Crippen LogP contribution in [0, 0.1) is 0 Å². The van der Waals surface area contributed by atoms with Crippen molar-refractivity contribution in [3.05, 3.63) is 34.3 Å². The fourth-order valence-corrected chi connectivity index (χ4v) is 2.66. The molecule has 0 radical (unpaired) electrons. The summed E-state index contributed by atoms with van der Waals surface area (Å²) < 4.78 is 1.17. The summed E-state index contributed by atoms with van der Waals surface area (Å²) in [5.41, 5.74) is 1.43. The third-order valence-electron chi connectivity index (χ3n) is 3.49. The summed E-state index contributed by atoms with van der Waals surface area (Å²) in [7, 11) is 0. The van der Waals surface area contributed by atoms with E-state index in [1.807, 2.05) is 0 Å². The molecule has 16 heavy (non-hydrogen) atoms. The third-order valence-corrected chi connectivity index (χ3v) is 4.02. The third kappa shape index (κ3) is 3.33. The van der Waals surface area contributed by atoms with Crippen LogP contribution in [0.15, 0.2) is 28.7 Å². The van der Waals surface area contributed by atoms with Crippen LogP contribution in [0.4, 0.5) is 0 Å². The predicted molar refractivity (Wildman–Crippen MR) is 72.5 cm³/mol. The molecule has 0 aliphatic carbocycles. The first-order valence-electron chi connectivity index (χ1n) is 6.24. The maximum Gasteiger partial charge on any atom is 0.0236 e. The Bertz CT molecular complexity index is 320. The first-order chi connectivity index (χ1) is 7.75. The van der Waals surface area contributed by atoms with Crippen LogP contribution >= 0.6 is 15.9 Å². The van der Waals surface area contributed by atoms with Crippen LogP contribution in [-0.4, -0.2) is 17.5 Å². The molecule has 1 aliphatic rings. The highest BCUT2D eigenvalue weighted by Crippen LogP contribution is 2.19. The minimum atomic E-state index is 0.742. The van der Waals surface area contributed by atoms with Crippen molar-refractivity contribution < 1.29 is 0 Å². The minimum absolute atomic E-state index is 0.742. The lowest BCUT2D eigenvalue weighted by atomic mass is 10.1. The number of benzene rings is 1. The van der Waals surface area contributed by atoms with Crippen LogP contribution in [0.25, 0.3) is 0 Å². The molecule has 2 rings (SSSR count). The molecule has 1 unspecified atom stereocenters. The lowest BCUT2D eigenvalue weighted by molar-refractivity contribution is 0.205. The van der Waals surface area contributed by atoms with E-state index in [-0.39, 0.29) is 0 Å². The Morgan fingerprint density at radius 3 is 2.69 bits per heavy atom. The average Bonchev–Trinajstić information content (AvgIpc) is 2.48. The number of hydrogen-bond acceptors (Lipinski definition) is 1. The van der Waals surface area contributed by atoms with Crippen LogP contribution in [0.2, 0.25) is 0 Å². The topological polar surface area (TPSA) is 3.24 Å². The van der Waals surface area contributed by atoms with Gasteiger partial charge in [0.2, 0.25) is 0 Å². The smallest absolute Gasteiger partial charge is 0.0236 e. The SMILES string of the molecule is CC1CCCCCN1Cc1ccc(Br)cc1. The number of rotatable bonds is 2. The summed E-state index contributed by atoms with van der Waals surface area (Å²) in [6, 6.07) is 9.46. The van der Waals surface area contributed by atoms with Gasteiger partial charge in [0, 0.05) is 17.1 Å². The van der Waals surface area contributed by atoms with Crippen LogP contribution in [0.1, 0.15) is 38.2 Å². The summed E-state index contributed by atoms with van der Waals surface area (Å²) >= 11 is 3.48. The minimum Gasteiger partial charge on any atom is -0.296 e. The molecule has 1 fully saturated rings. The van der Waals surface area contributed by atoms with Gasteiger partial charge < -0.3 is 0 Å². The van der Waals surface area contributed by atoms with Gasteiger partial charge >= 0.3 is 0 Å². The molecule has 0 bridgehead atoms. The van der Waals surface area contributed by atoms with Crippen LogP contribution in [0.3, 0.4) is 0 Å². The molecule has 0 amide bonds. The van der Waals surface area contributed by atoms with E-state index < -0.39 is 0 Å². The van der Waals surface area contributed by atoms with E-state index in [1.54, 1.807) is 0 Å². The van der Waals surface area contributed by atoms with E-state index in [0.717, 1.165) is 12.6 Å². The van der Waals surface area contributed by atoms with Crippen LogP contribution in [0.5, 0.6) is 0 Å². The van der Waals surface area contributed by atoms with Crippen molar-refractivity contribution in [3.8, 4) is 0 Å². The normalized spacial score (nSPS) is 23.0. The molecule has 0 saturated carbocycles. The Morgan fingerprint density at radius 1 is 1.19 bits per heavy atom. The van der Waals surface area contributed by atoms with Crippen molar-refractivity contribution in [3.63, 3.8) is 0 Å². The second-order valence-electron chi connectivity index (χ2n) is 4.80. The second-order valence-corrected chi connectivity index (χ2v) is 5.71. The van der Waals surface area contributed by atoms with E-state index in [9.17, 15) is 0 Å². The van der Waals surface area contributed by atoms with Crippen molar-refractivity contribution in [1.82, 2.24) is 4.90 Å². The Labute approximate surface area is 107 Å². The van der Waals surface area contributed by atoms with Gasteiger partial charge in [-0.1, -0.05) is 40.9 Å². The molecule has 2 heteroatoms. The van der Waals surface area contributed by atoms with Crippen molar-refractivity contribution >= 4 is 15.9 Å². The molecule has 1 heterocycles. The Morgan fingerprint density at radius 2 is 1.94 bits per heavy atom. The van der Waals surface area contributed by atoms with Crippen molar-refractivity contribution in [2.75, 3.05) is 6.54 Å². The number of likely N-dealkylation sites (tertiary alicyclic amines) is 1. The molecule has 0 spiro atoms. The lowest BCUT2D eigenvalue weighted by Crippen LogP contribution is -2.31. The van der Waals surface area contributed by atoms with Gasteiger partial charge in [-0.3, -0.25) is 4.90 Å². The van der Waals surface area contributed by atoms with Gasteiger partial charge in [0.25, 0.3) is 0 Å². The van der Waals surface area contributed by atoms with Gasteiger partial charge in [-0.2, -0.15) is 0 Å². The molecule has 1 atom stereocenters. The molecule has 1 nitrogen and oxygen atoms in total. The highest BCUT2D eigenvalue weighted by Gasteiger charge is 2.16. The monoisotopic (exact) mass is 281 g/mol. The molecular formula is C14H20BrN. The van der Waals surface area contributed by atoms with Crippen molar-refractivity contribution in [2.24, 2.45) is 0 Å². The van der Waals surface area contributed by atoms with E-state index in [1.165, 1.54) is 42.3 Å². The summed E-state index contributed by atoms with van der Waals surface area (Å²) in [5.74, 6) is 0.